The van der Waals surface area contributed by atoms with Crippen LogP contribution in [0.15, 0.2) is 59.6 Å². The molecular formula is C13H11ClOS. The molecule has 16 heavy (non-hydrogen) atoms. The molecule has 0 saturated carbocycles. The van der Waals surface area contributed by atoms with E-state index in [-0.39, 0.29) is 0 Å². The molecule has 0 aromatic heterocycles. The minimum absolute atomic E-state index is 0.719. The second-order valence-corrected chi connectivity index (χ2v) is 4.56. The minimum atomic E-state index is 0.719. The first-order valence-electron chi connectivity index (χ1n) is 4.97. The molecule has 82 valence electrons. The zero-order valence-electron chi connectivity index (χ0n) is 8.60. The molecule has 0 spiro atoms. The maximum absolute atomic E-state index is 5.79. The van der Waals surface area contributed by atoms with E-state index in [1.54, 1.807) is 0 Å². The highest BCUT2D eigenvalue weighted by Crippen LogP contribution is 2.26. The zero-order valence-corrected chi connectivity index (χ0v) is 10.2. The van der Waals surface area contributed by atoms with E-state index in [4.69, 9.17) is 15.8 Å². The van der Waals surface area contributed by atoms with Crippen LogP contribution in [0.2, 0.25) is 5.02 Å². The second kappa shape index (κ2) is 5.83. The van der Waals surface area contributed by atoms with Gasteiger partial charge in [-0.05, 0) is 36.8 Å². The lowest BCUT2D eigenvalue weighted by molar-refractivity contribution is 0.650. The van der Waals surface area contributed by atoms with Gasteiger partial charge >= 0.3 is 0 Å². The number of halogens is 1. The summed E-state index contributed by atoms with van der Waals surface area (Å²) in [6, 6.07) is 7.36. The van der Waals surface area contributed by atoms with Crippen LogP contribution in [0, 0.1) is 0 Å². The van der Waals surface area contributed by atoms with Gasteiger partial charge in [0.15, 0.2) is 0 Å². The molecule has 0 aliphatic heterocycles. The molecule has 1 aliphatic rings. The summed E-state index contributed by atoms with van der Waals surface area (Å²) in [6.07, 6.45) is 11.1. The summed E-state index contributed by atoms with van der Waals surface area (Å²) < 4.78 is 5.58. The molecule has 1 aliphatic carbocycles. The van der Waals surface area contributed by atoms with Crippen LogP contribution < -0.4 is 4.18 Å². The summed E-state index contributed by atoms with van der Waals surface area (Å²) in [5.41, 5.74) is 0. The third-order valence-corrected chi connectivity index (χ3v) is 3.06. The van der Waals surface area contributed by atoms with Gasteiger partial charge in [-0.15, -0.1) is 0 Å². The Kier molecular flexibility index (Phi) is 4.14. The number of allylic oxidation sites excluding steroid dienone is 6. The molecule has 0 heterocycles. The van der Waals surface area contributed by atoms with E-state index in [0.29, 0.717) is 0 Å². The number of rotatable bonds is 3. The van der Waals surface area contributed by atoms with Crippen molar-refractivity contribution < 1.29 is 4.18 Å². The Balaban J connectivity index is 1.92. The van der Waals surface area contributed by atoms with Crippen molar-refractivity contribution in [2.75, 3.05) is 0 Å². The molecule has 3 heteroatoms. The topological polar surface area (TPSA) is 9.23 Å². The summed E-state index contributed by atoms with van der Waals surface area (Å²) in [6.45, 7) is 0. The van der Waals surface area contributed by atoms with Crippen LogP contribution in [-0.4, -0.2) is 0 Å². The van der Waals surface area contributed by atoms with Crippen LogP contribution in [0.3, 0.4) is 0 Å². The van der Waals surface area contributed by atoms with Crippen LogP contribution in [-0.2, 0) is 0 Å². The Morgan fingerprint density at radius 2 is 1.88 bits per heavy atom. The average Bonchev–Trinajstić information content (AvgIpc) is 2.57. The highest BCUT2D eigenvalue weighted by Gasteiger charge is 2.00. The predicted molar refractivity (Wildman–Crippen MR) is 70.7 cm³/mol. The van der Waals surface area contributed by atoms with E-state index in [1.807, 2.05) is 42.5 Å². The van der Waals surface area contributed by atoms with Crippen molar-refractivity contribution in [3.63, 3.8) is 0 Å². The lowest BCUT2D eigenvalue weighted by atomic mass is 10.3. The molecule has 0 radical (unpaired) electrons. The first-order valence-corrected chi connectivity index (χ1v) is 6.09. The fraction of sp³-hybridized carbons (Fsp3) is 0.0769. The number of hydrogen-bond donors (Lipinski definition) is 0. The van der Waals surface area contributed by atoms with Crippen LogP contribution >= 0.6 is 23.6 Å². The highest BCUT2D eigenvalue weighted by molar-refractivity contribution is 7.98. The van der Waals surface area contributed by atoms with Crippen LogP contribution in [0.1, 0.15) is 6.42 Å². The van der Waals surface area contributed by atoms with E-state index < -0.39 is 0 Å². The number of hydrogen-bond acceptors (Lipinski definition) is 2. The first-order chi connectivity index (χ1) is 7.84. The third kappa shape index (κ3) is 3.47. The van der Waals surface area contributed by atoms with Crippen molar-refractivity contribution in [2.45, 2.75) is 6.42 Å². The fourth-order valence-corrected chi connectivity index (χ4v) is 1.95. The zero-order chi connectivity index (χ0) is 11.2. The van der Waals surface area contributed by atoms with Crippen LogP contribution in [0.5, 0.6) is 5.75 Å². The normalized spacial score (nSPS) is 14.4. The third-order valence-electron chi connectivity index (χ3n) is 2.02. The van der Waals surface area contributed by atoms with Crippen LogP contribution in [0.25, 0.3) is 0 Å². The highest BCUT2D eigenvalue weighted by atomic mass is 35.5. The summed E-state index contributed by atoms with van der Waals surface area (Å²) in [5.74, 6) is 0.813. The van der Waals surface area contributed by atoms with Crippen molar-refractivity contribution >= 4 is 23.6 Å². The monoisotopic (exact) mass is 250 g/mol. The SMILES string of the molecule is Clc1ccc(OSC2=CC=CC=CC2)cc1. The predicted octanol–water partition coefficient (Wildman–Crippen LogP) is 4.77. The Bertz CT molecular complexity index is 432. The summed E-state index contributed by atoms with van der Waals surface area (Å²) in [4.78, 5) is 1.18. The lowest BCUT2D eigenvalue weighted by Crippen LogP contribution is -1.83. The van der Waals surface area contributed by atoms with Gasteiger partial charge in [0, 0.05) is 9.93 Å². The molecule has 0 atom stereocenters. The molecule has 0 unspecified atom stereocenters. The van der Waals surface area contributed by atoms with Gasteiger partial charge in [0.25, 0.3) is 0 Å². The summed E-state index contributed by atoms with van der Waals surface area (Å²) in [7, 11) is 0. The smallest absolute Gasteiger partial charge is 0.137 e. The van der Waals surface area contributed by atoms with Crippen molar-refractivity contribution in [1.82, 2.24) is 0 Å². The average molecular weight is 251 g/mol. The molecular weight excluding hydrogens is 240 g/mol. The van der Waals surface area contributed by atoms with Gasteiger partial charge in [-0.2, -0.15) is 0 Å². The van der Waals surface area contributed by atoms with E-state index in [0.717, 1.165) is 17.2 Å². The maximum atomic E-state index is 5.79. The molecule has 2 rings (SSSR count). The standard InChI is InChI=1S/C13H11ClOS/c14-11-7-9-12(10-8-11)15-16-13-5-3-1-2-4-6-13/h1-5,7-10H,6H2. The lowest BCUT2D eigenvalue weighted by Gasteiger charge is -2.05. The van der Waals surface area contributed by atoms with Gasteiger partial charge in [-0.3, -0.25) is 0 Å². The van der Waals surface area contributed by atoms with Gasteiger partial charge in [0.1, 0.15) is 5.75 Å². The van der Waals surface area contributed by atoms with Gasteiger partial charge in [-0.25, -0.2) is 0 Å². The van der Waals surface area contributed by atoms with Gasteiger partial charge in [0.2, 0.25) is 0 Å². The van der Waals surface area contributed by atoms with Gasteiger partial charge in [-0.1, -0.05) is 35.9 Å². The van der Waals surface area contributed by atoms with Crippen LogP contribution in [0.4, 0.5) is 0 Å². The second-order valence-electron chi connectivity index (χ2n) is 3.27. The van der Waals surface area contributed by atoms with Gasteiger partial charge in [0.05, 0.1) is 12.0 Å². The molecule has 0 fully saturated rings. The van der Waals surface area contributed by atoms with Crippen molar-refractivity contribution in [2.24, 2.45) is 0 Å². The molecule has 0 N–H and O–H groups in total. The van der Waals surface area contributed by atoms with E-state index in [2.05, 4.69) is 12.2 Å². The molecule has 1 aromatic carbocycles. The number of benzene rings is 1. The van der Waals surface area contributed by atoms with E-state index in [1.165, 1.54) is 16.9 Å². The molecule has 0 amide bonds. The largest absolute Gasteiger partial charge is 0.421 e. The molecule has 1 nitrogen and oxygen atoms in total. The maximum Gasteiger partial charge on any atom is 0.137 e. The van der Waals surface area contributed by atoms with Gasteiger partial charge < -0.3 is 4.18 Å². The summed E-state index contributed by atoms with van der Waals surface area (Å²) >= 11 is 7.18. The van der Waals surface area contributed by atoms with E-state index >= 15 is 0 Å². The Hall–Kier alpha value is -1.12. The minimum Gasteiger partial charge on any atom is -0.421 e. The van der Waals surface area contributed by atoms with E-state index in [9.17, 15) is 0 Å². The van der Waals surface area contributed by atoms with Crippen molar-refractivity contribution in [3.05, 3.63) is 64.6 Å². The fourth-order valence-electron chi connectivity index (χ4n) is 1.21. The first kappa shape index (κ1) is 11.4. The van der Waals surface area contributed by atoms with Crippen molar-refractivity contribution in [3.8, 4) is 5.75 Å². The Labute approximate surface area is 105 Å². The summed E-state index contributed by atoms with van der Waals surface area (Å²) in [5, 5.41) is 0.719. The quantitative estimate of drug-likeness (QED) is 0.715. The molecule has 1 aromatic rings. The molecule has 0 saturated heterocycles. The molecule has 0 bridgehead atoms. The Morgan fingerprint density at radius 3 is 2.69 bits per heavy atom. The Morgan fingerprint density at radius 1 is 1.06 bits per heavy atom. The van der Waals surface area contributed by atoms with Crippen molar-refractivity contribution in [1.29, 1.82) is 0 Å².